The highest BCUT2D eigenvalue weighted by molar-refractivity contribution is 6.08. The van der Waals surface area contributed by atoms with Crippen molar-refractivity contribution >= 4 is 17.5 Å². The average Bonchev–Trinajstić information content (AvgIpc) is 2.46. The van der Waals surface area contributed by atoms with Crippen LogP contribution >= 0.6 is 0 Å². The largest absolute Gasteiger partial charge is 0.416 e. The van der Waals surface area contributed by atoms with Gasteiger partial charge in [-0.1, -0.05) is 0 Å². The molecular weight excluding hydrogens is 316 g/mol. The van der Waals surface area contributed by atoms with Gasteiger partial charge in [-0.05, 0) is 37.3 Å². The van der Waals surface area contributed by atoms with Crippen LogP contribution in [0.1, 0.15) is 33.2 Å². The van der Waals surface area contributed by atoms with E-state index in [2.05, 4.69) is 10.3 Å². The molecule has 23 heavy (non-hydrogen) atoms. The van der Waals surface area contributed by atoms with Crippen LogP contribution in [0.4, 0.5) is 23.4 Å². The third kappa shape index (κ3) is 3.71. The number of pyridine rings is 1. The number of alkyl halides is 3. The molecular formula is C15H10F4N2O2. The lowest BCUT2D eigenvalue weighted by Gasteiger charge is -2.11. The first-order valence-electron chi connectivity index (χ1n) is 6.34. The maximum atomic E-state index is 13.7. The molecule has 8 heteroatoms. The van der Waals surface area contributed by atoms with Crippen LogP contribution in [-0.4, -0.2) is 16.7 Å². The van der Waals surface area contributed by atoms with Gasteiger partial charge in [0.1, 0.15) is 11.6 Å². The molecule has 0 saturated heterocycles. The molecule has 0 aliphatic heterocycles. The molecule has 4 nitrogen and oxygen atoms in total. The van der Waals surface area contributed by atoms with Crippen LogP contribution in [0.25, 0.3) is 0 Å². The van der Waals surface area contributed by atoms with E-state index in [4.69, 9.17) is 0 Å². The minimum Gasteiger partial charge on any atom is -0.306 e. The number of carbonyl (C=O) groups excluding carboxylic acids is 2. The predicted molar refractivity (Wildman–Crippen MR) is 73.6 cm³/mol. The summed E-state index contributed by atoms with van der Waals surface area (Å²) in [5.41, 5.74) is -1.88. The summed E-state index contributed by atoms with van der Waals surface area (Å²) in [5.74, 6) is -2.80. The molecule has 0 aliphatic rings. The Morgan fingerprint density at radius 2 is 1.83 bits per heavy atom. The van der Waals surface area contributed by atoms with Crippen molar-refractivity contribution in [3.05, 3.63) is 59.0 Å². The molecule has 2 rings (SSSR count). The molecule has 1 heterocycles. The molecule has 2 aromatic rings. The number of Topliss-reactive ketones (excluding diaryl/α,β-unsaturated/α-hetero) is 1. The Bertz CT molecular complexity index is 772. The fourth-order valence-electron chi connectivity index (χ4n) is 1.84. The van der Waals surface area contributed by atoms with E-state index in [0.717, 1.165) is 0 Å². The first kappa shape index (κ1) is 16.6. The van der Waals surface area contributed by atoms with Gasteiger partial charge in [0.25, 0.3) is 5.91 Å². The van der Waals surface area contributed by atoms with E-state index in [-0.39, 0.29) is 11.4 Å². The Hall–Kier alpha value is -2.77. The summed E-state index contributed by atoms with van der Waals surface area (Å²) in [6.45, 7) is 1.23. The third-order valence-electron chi connectivity index (χ3n) is 2.96. The normalized spacial score (nSPS) is 11.2. The van der Waals surface area contributed by atoms with Gasteiger partial charge in [0, 0.05) is 6.20 Å². The Morgan fingerprint density at radius 3 is 2.43 bits per heavy atom. The van der Waals surface area contributed by atoms with E-state index in [0.29, 0.717) is 18.2 Å². The van der Waals surface area contributed by atoms with Gasteiger partial charge in [-0.25, -0.2) is 9.37 Å². The zero-order valence-electron chi connectivity index (χ0n) is 11.7. The molecule has 0 radical (unpaired) electrons. The molecule has 1 amide bonds. The summed E-state index contributed by atoms with van der Waals surface area (Å²) >= 11 is 0. The fourth-order valence-corrected chi connectivity index (χ4v) is 1.84. The number of carbonyl (C=O) groups is 2. The molecule has 120 valence electrons. The number of anilines is 1. The number of benzene rings is 1. The van der Waals surface area contributed by atoms with E-state index in [1.165, 1.54) is 25.3 Å². The second-order valence-corrected chi connectivity index (χ2v) is 4.60. The average molecular weight is 326 g/mol. The Morgan fingerprint density at radius 1 is 1.13 bits per heavy atom. The molecule has 0 saturated carbocycles. The minimum absolute atomic E-state index is 0.0632. The standard InChI is InChI=1S/C15H10F4N2O2/c1-8(22)10-3-2-6-20-13(10)21-14(23)11-7-9(15(17,18)19)4-5-12(11)16/h2-7H,1H3,(H,20,21,23). The molecule has 1 aromatic carbocycles. The zero-order valence-corrected chi connectivity index (χ0v) is 11.7. The maximum absolute atomic E-state index is 13.7. The van der Waals surface area contributed by atoms with Crippen molar-refractivity contribution in [2.24, 2.45) is 0 Å². The highest BCUT2D eigenvalue weighted by Crippen LogP contribution is 2.30. The second kappa shape index (κ2) is 6.15. The number of halogens is 4. The monoisotopic (exact) mass is 326 g/mol. The summed E-state index contributed by atoms with van der Waals surface area (Å²) < 4.78 is 51.6. The molecule has 0 spiro atoms. The van der Waals surface area contributed by atoms with Crippen molar-refractivity contribution < 1.29 is 27.2 Å². The van der Waals surface area contributed by atoms with Crippen LogP contribution in [-0.2, 0) is 6.18 Å². The number of rotatable bonds is 3. The van der Waals surface area contributed by atoms with Crippen molar-refractivity contribution in [2.45, 2.75) is 13.1 Å². The van der Waals surface area contributed by atoms with Crippen molar-refractivity contribution in [1.29, 1.82) is 0 Å². The van der Waals surface area contributed by atoms with Gasteiger partial charge < -0.3 is 5.32 Å². The highest BCUT2D eigenvalue weighted by Gasteiger charge is 2.32. The molecule has 0 aliphatic carbocycles. The molecule has 0 bridgehead atoms. The lowest BCUT2D eigenvalue weighted by molar-refractivity contribution is -0.137. The highest BCUT2D eigenvalue weighted by atomic mass is 19.4. The molecule has 0 unspecified atom stereocenters. The van der Waals surface area contributed by atoms with E-state index < -0.39 is 34.8 Å². The van der Waals surface area contributed by atoms with E-state index >= 15 is 0 Å². The summed E-state index contributed by atoms with van der Waals surface area (Å²) in [7, 11) is 0. The van der Waals surface area contributed by atoms with Gasteiger partial charge in [-0.2, -0.15) is 13.2 Å². The van der Waals surface area contributed by atoms with Crippen LogP contribution in [0.2, 0.25) is 0 Å². The third-order valence-corrected chi connectivity index (χ3v) is 2.96. The first-order chi connectivity index (χ1) is 10.7. The number of nitrogens with one attached hydrogen (secondary N) is 1. The van der Waals surface area contributed by atoms with Crippen molar-refractivity contribution in [2.75, 3.05) is 5.32 Å². The van der Waals surface area contributed by atoms with Crippen LogP contribution < -0.4 is 5.32 Å². The number of ketones is 1. The summed E-state index contributed by atoms with van der Waals surface area (Å²) in [6.07, 6.45) is -3.43. The van der Waals surface area contributed by atoms with Crippen LogP contribution in [0.15, 0.2) is 36.5 Å². The Kier molecular flexibility index (Phi) is 4.44. The van der Waals surface area contributed by atoms with Gasteiger partial charge in [-0.3, -0.25) is 9.59 Å². The van der Waals surface area contributed by atoms with Crippen LogP contribution in [0, 0.1) is 5.82 Å². The first-order valence-corrected chi connectivity index (χ1v) is 6.34. The topological polar surface area (TPSA) is 59.1 Å². The predicted octanol–water partition coefficient (Wildman–Crippen LogP) is 3.69. The number of nitrogens with zero attached hydrogens (tertiary/aromatic N) is 1. The van der Waals surface area contributed by atoms with Crippen LogP contribution in [0.3, 0.4) is 0 Å². The van der Waals surface area contributed by atoms with E-state index in [1.807, 2.05) is 0 Å². The zero-order chi connectivity index (χ0) is 17.2. The second-order valence-electron chi connectivity index (χ2n) is 4.60. The van der Waals surface area contributed by atoms with Gasteiger partial charge in [0.2, 0.25) is 0 Å². The SMILES string of the molecule is CC(=O)c1cccnc1NC(=O)c1cc(C(F)(F)F)ccc1F. The lowest BCUT2D eigenvalue weighted by atomic mass is 10.1. The van der Waals surface area contributed by atoms with Crippen molar-refractivity contribution in [3.8, 4) is 0 Å². The number of aromatic nitrogens is 1. The molecule has 0 atom stereocenters. The minimum atomic E-state index is -4.71. The summed E-state index contributed by atoms with van der Waals surface area (Å²) in [5, 5.41) is 2.15. The van der Waals surface area contributed by atoms with Gasteiger partial charge >= 0.3 is 6.18 Å². The number of hydrogen-bond acceptors (Lipinski definition) is 3. The Labute approximate surface area is 128 Å². The van der Waals surface area contributed by atoms with E-state index in [9.17, 15) is 27.2 Å². The molecule has 1 N–H and O–H groups in total. The van der Waals surface area contributed by atoms with Crippen molar-refractivity contribution in [3.63, 3.8) is 0 Å². The van der Waals surface area contributed by atoms with Gasteiger partial charge in [-0.15, -0.1) is 0 Å². The number of hydrogen-bond donors (Lipinski definition) is 1. The summed E-state index contributed by atoms with van der Waals surface area (Å²) in [4.78, 5) is 27.2. The quantitative estimate of drug-likeness (QED) is 0.691. The number of amides is 1. The van der Waals surface area contributed by atoms with Gasteiger partial charge in [0.05, 0.1) is 16.7 Å². The maximum Gasteiger partial charge on any atom is 0.416 e. The van der Waals surface area contributed by atoms with Crippen molar-refractivity contribution in [1.82, 2.24) is 4.98 Å². The van der Waals surface area contributed by atoms with Gasteiger partial charge in [0.15, 0.2) is 5.78 Å². The lowest BCUT2D eigenvalue weighted by Crippen LogP contribution is -2.18. The van der Waals surface area contributed by atoms with Crippen LogP contribution in [0.5, 0.6) is 0 Å². The smallest absolute Gasteiger partial charge is 0.306 e. The molecule has 0 fully saturated rings. The molecule has 1 aromatic heterocycles. The summed E-state index contributed by atoms with van der Waals surface area (Å²) in [6, 6.07) is 4.33. The fraction of sp³-hybridized carbons (Fsp3) is 0.133. The Balaban J connectivity index is 2.37. The van der Waals surface area contributed by atoms with E-state index in [1.54, 1.807) is 0 Å².